The average molecular weight is 422 g/mol. The van der Waals surface area contributed by atoms with Crippen LogP contribution in [0.1, 0.15) is 44.4 Å². The molecule has 2 aliphatic heterocycles. The molecule has 5 nitrogen and oxygen atoms in total. The normalized spacial score (nSPS) is 21.1. The van der Waals surface area contributed by atoms with Gasteiger partial charge in [-0.25, -0.2) is 4.98 Å². The largest absolute Gasteiger partial charge is 0.416 e. The summed E-state index contributed by atoms with van der Waals surface area (Å²) in [5.74, 6) is 0.652. The highest BCUT2D eigenvalue weighted by molar-refractivity contribution is 5.60. The zero-order chi connectivity index (χ0) is 21.7. The van der Waals surface area contributed by atoms with Crippen molar-refractivity contribution < 1.29 is 17.9 Å². The number of benzene rings is 1. The third kappa shape index (κ3) is 5.16. The van der Waals surface area contributed by atoms with E-state index in [0.29, 0.717) is 31.0 Å². The van der Waals surface area contributed by atoms with Crippen LogP contribution in [0.4, 0.5) is 30.4 Å². The number of halogens is 3. The van der Waals surface area contributed by atoms with Crippen molar-refractivity contribution in [3.8, 4) is 0 Å². The molecule has 1 fully saturated rings. The van der Waals surface area contributed by atoms with Crippen LogP contribution >= 0.6 is 0 Å². The van der Waals surface area contributed by atoms with Gasteiger partial charge >= 0.3 is 6.18 Å². The smallest absolute Gasteiger partial charge is 0.382 e. The van der Waals surface area contributed by atoms with E-state index in [1.807, 2.05) is 32.9 Å². The number of pyridine rings is 1. The van der Waals surface area contributed by atoms with E-state index in [-0.39, 0.29) is 12.1 Å². The molecular weight excluding hydrogens is 393 g/mol. The Morgan fingerprint density at radius 3 is 2.50 bits per heavy atom. The van der Waals surface area contributed by atoms with E-state index in [1.165, 1.54) is 12.1 Å². The lowest BCUT2D eigenvalue weighted by Crippen LogP contribution is -2.36. The van der Waals surface area contributed by atoms with Gasteiger partial charge in [-0.1, -0.05) is 13.8 Å². The molecule has 0 radical (unpaired) electrons. The van der Waals surface area contributed by atoms with E-state index in [9.17, 15) is 13.2 Å². The van der Waals surface area contributed by atoms with Crippen molar-refractivity contribution in [3.05, 3.63) is 47.7 Å². The van der Waals surface area contributed by atoms with E-state index in [4.69, 9.17) is 4.74 Å². The summed E-state index contributed by atoms with van der Waals surface area (Å²) < 4.78 is 44.8. The molecule has 2 aromatic rings. The molecule has 2 atom stereocenters. The Bertz CT molecular complexity index is 820. The third-order valence-electron chi connectivity index (χ3n) is 5.19. The highest BCUT2D eigenvalue weighted by Gasteiger charge is 2.33. The van der Waals surface area contributed by atoms with Crippen LogP contribution in [-0.2, 0) is 10.9 Å². The maximum absolute atomic E-state index is 13.1. The minimum atomic E-state index is -4.36. The molecule has 2 aliphatic rings. The zero-order valence-electron chi connectivity index (χ0n) is 17.6. The second-order valence-corrected chi connectivity index (χ2v) is 7.28. The summed E-state index contributed by atoms with van der Waals surface area (Å²) in [7, 11) is 0. The Morgan fingerprint density at radius 1 is 1.13 bits per heavy atom. The number of nitrogens with one attached hydrogen (secondary N) is 2. The number of nitrogens with zero attached hydrogens (tertiary/aromatic N) is 2. The van der Waals surface area contributed by atoms with Crippen LogP contribution < -0.4 is 15.5 Å². The van der Waals surface area contributed by atoms with Crippen LogP contribution in [0.25, 0.3) is 0 Å². The predicted molar refractivity (Wildman–Crippen MR) is 114 cm³/mol. The molecule has 0 unspecified atom stereocenters. The first-order chi connectivity index (χ1) is 14.4. The minimum absolute atomic E-state index is 0.148. The van der Waals surface area contributed by atoms with Gasteiger partial charge in [-0.05, 0) is 49.2 Å². The molecule has 4 rings (SSSR count). The molecule has 0 spiro atoms. The molecule has 0 aliphatic carbocycles. The minimum Gasteiger partial charge on any atom is -0.382 e. The van der Waals surface area contributed by atoms with E-state index in [1.54, 1.807) is 6.20 Å². The topological polar surface area (TPSA) is 49.4 Å². The number of rotatable bonds is 3. The molecule has 30 heavy (non-hydrogen) atoms. The zero-order valence-corrected chi connectivity index (χ0v) is 17.6. The number of morpholine rings is 1. The molecule has 0 saturated carbocycles. The maximum atomic E-state index is 13.1. The first kappa shape index (κ1) is 22.2. The van der Waals surface area contributed by atoms with Gasteiger partial charge in [0.2, 0.25) is 0 Å². The molecule has 164 valence electrons. The molecule has 2 N–H and O–H groups in total. The summed E-state index contributed by atoms with van der Waals surface area (Å²) in [6.07, 6.45) is -1.90. The molecule has 8 heteroatoms. The first-order valence-electron chi connectivity index (χ1n) is 10.4. The summed E-state index contributed by atoms with van der Waals surface area (Å²) in [6.45, 7) is 9.07. The van der Waals surface area contributed by atoms with Gasteiger partial charge in [0, 0.05) is 24.8 Å². The Morgan fingerprint density at radius 2 is 1.87 bits per heavy atom. The Labute approximate surface area is 175 Å². The number of aromatic nitrogens is 1. The summed E-state index contributed by atoms with van der Waals surface area (Å²) in [5, 5.41) is 6.57. The number of ether oxygens (including phenoxy) is 1. The second-order valence-electron chi connectivity index (χ2n) is 7.28. The predicted octanol–water partition coefficient (Wildman–Crippen LogP) is 5.32. The quantitative estimate of drug-likeness (QED) is 0.701. The van der Waals surface area contributed by atoms with E-state index >= 15 is 0 Å². The van der Waals surface area contributed by atoms with Gasteiger partial charge in [-0.15, -0.1) is 0 Å². The van der Waals surface area contributed by atoms with Crippen molar-refractivity contribution in [2.45, 2.75) is 45.5 Å². The fraction of sp³-hybridized carbons (Fsp3) is 0.500. The second kappa shape index (κ2) is 9.55. The van der Waals surface area contributed by atoms with Crippen molar-refractivity contribution in [3.63, 3.8) is 0 Å². The van der Waals surface area contributed by atoms with Crippen LogP contribution in [0.3, 0.4) is 0 Å². The fourth-order valence-corrected chi connectivity index (χ4v) is 3.76. The van der Waals surface area contributed by atoms with Crippen molar-refractivity contribution in [1.82, 2.24) is 4.98 Å². The number of alkyl halides is 3. The van der Waals surface area contributed by atoms with Crippen LogP contribution in [0, 0.1) is 0 Å². The lowest BCUT2D eigenvalue weighted by Gasteiger charge is -2.33. The van der Waals surface area contributed by atoms with Crippen molar-refractivity contribution in [2.24, 2.45) is 0 Å². The number of hydrogen-bond acceptors (Lipinski definition) is 5. The van der Waals surface area contributed by atoms with Gasteiger partial charge in [0.05, 0.1) is 36.7 Å². The Hall–Kier alpha value is -2.48. The van der Waals surface area contributed by atoms with Crippen molar-refractivity contribution in [1.29, 1.82) is 0 Å². The van der Waals surface area contributed by atoms with Crippen LogP contribution in [0.15, 0.2) is 36.5 Å². The molecule has 1 saturated heterocycles. The summed E-state index contributed by atoms with van der Waals surface area (Å²) >= 11 is 0. The monoisotopic (exact) mass is 422 g/mol. The average Bonchev–Trinajstić information content (AvgIpc) is 2.75. The number of anilines is 3. The van der Waals surface area contributed by atoms with Gasteiger partial charge < -0.3 is 20.3 Å². The number of fused-ring (bicyclic) bond motifs is 1. The molecule has 3 heterocycles. The maximum Gasteiger partial charge on any atom is 0.416 e. The molecule has 1 aromatic heterocycles. The van der Waals surface area contributed by atoms with Crippen molar-refractivity contribution in [2.75, 3.05) is 41.8 Å². The van der Waals surface area contributed by atoms with Gasteiger partial charge in [-0.2, -0.15) is 13.2 Å². The molecule has 0 bridgehead atoms. The highest BCUT2D eigenvalue weighted by atomic mass is 19.4. The van der Waals surface area contributed by atoms with Crippen LogP contribution in [-0.4, -0.2) is 37.3 Å². The summed E-state index contributed by atoms with van der Waals surface area (Å²) in [5.41, 5.74) is 1.73. The Kier molecular flexibility index (Phi) is 7.07. The third-order valence-corrected chi connectivity index (χ3v) is 5.19. The van der Waals surface area contributed by atoms with Gasteiger partial charge in [-0.3, -0.25) is 0 Å². The Balaban J connectivity index is 0.00000124. The lowest BCUT2D eigenvalue weighted by atomic mass is 9.92. The van der Waals surface area contributed by atoms with Gasteiger partial charge in [0.25, 0.3) is 0 Å². The molecule has 1 aromatic carbocycles. The molecular formula is C22H29F3N4O. The standard InChI is InChI=1S/C20H23F3N4O.C2H6/c1-13-10-18(16-11-14(20(21,22)23)2-4-17(16)25-13)26-19-5-3-15(12-24-19)27-6-8-28-9-7-27;1-2/h2-5,11-13,18,25H,6-10H2,1H3,(H,24,26);1-2H3/t13-,18+;/m1./s1. The van der Waals surface area contributed by atoms with Gasteiger partial charge in [0.1, 0.15) is 5.82 Å². The highest BCUT2D eigenvalue weighted by Crippen LogP contribution is 2.39. The molecule has 0 amide bonds. The summed E-state index contributed by atoms with van der Waals surface area (Å²) in [6, 6.07) is 7.63. The van der Waals surface area contributed by atoms with Crippen LogP contribution in [0.5, 0.6) is 0 Å². The van der Waals surface area contributed by atoms with E-state index < -0.39 is 11.7 Å². The number of hydrogen-bond donors (Lipinski definition) is 2. The van der Waals surface area contributed by atoms with E-state index in [0.717, 1.165) is 30.5 Å². The van der Waals surface area contributed by atoms with Gasteiger partial charge in [0.15, 0.2) is 0 Å². The van der Waals surface area contributed by atoms with Crippen LogP contribution in [0.2, 0.25) is 0 Å². The lowest BCUT2D eigenvalue weighted by molar-refractivity contribution is -0.137. The summed E-state index contributed by atoms with van der Waals surface area (Å²) in [4.78, 5) is 6.69. The fourth-order valence-electron chi connectivity index (χ4n) is 3.76. The van der Waals surface area contributed by atoms with Crippen molar-refractivity contribution >= 4 is 17.2 Å². The van der Waals surface area contributed by atoms with E-state index in [2.05, 4.69) is 20.5 Å². The SMILES string of the molecule is CC.C[C@@H]1C[C@H](Nc2ccc(N3CCOCC3)cn2)c2cc(C(F)(F)F)ccc2N1. The first-order valence-corrected chi connectivity index (χ1v) is 10.4.